The maximum atomic E-state index is 12.7. The topological polar surface area (TPSA) is 38.3 Å². The standard InChI is InChI=1S/C6H10FNO2/c1-4(7)6(2)3-10-5(9)8-6/h4H,3H2,1-2H3,(H,8,9)/t4-,6+/m1/s1. The third-order valence-electron chi connectivity index (χ3n) is 1.77. The molecule has 0 unspecified atom stereocenters. The van der Waals surface area contributed by atoms with Crippen LogP contribution in [0.2, 0.25) is 0 Å². The molecule has 1 heterocycles. The molecular formula is C6H10FNO2. The molecule has 0 aromatic heterocycles. The van der Waals surface area contributed by atoms with Gasteiger partial charge in [0.25, 0.3) is 0 Å². The summed E-state index contributed by atoms with van der Waals surface area (Å²) in [7, 11) is 0. The van der Waals surface area contributed by atoms with E-state index in [-0.39, 0.29) is 6.61 Å². The summed E-state index contributed by atoms with van der Waals surface area (Å²) >= 11 is 0. The Morgan fingerprint density at radius 2 is 2.50 bits per heavy atom. The lowest BCUT2D eigenvalue weighted by molar-refractivity contribution is 0.153. The van der Waals surface area contributed by atoms with Crippen molar-refractivity contribution in [2.75, 3.05) is 6.61 Å². The SMILES string of the molecule is C[C@@H](F)[C@]1(C)COC(=O)N1. The number of alkyl halides is 1. The molecule has 3 nitrogen and oxygen atoms in total. The minimum absolute atomic E-state index is 0.115. The number of hydrogen-bond acceptors (Lipinski definition) is 2. The maximum Gasteiger partial charge on any atom is 0.407 e. The van der Waals surface area contributed by atoms with Crippen molar-refractivity contribution in [3.8, 4) is 0 Å². The van der Waals surface area contributed by atoms with Crippen molar-refractivity contribution < 1.29 is 13.9 Å². The molecule has 1 saturated heterocycles. The van der Waals surface area contributed by atoms with Crippen LogP contribution in [-0.4, -0.2) is 24.4 Å². The van der Waals surface area contributed by atoms with Crippen molar-refractivity contribution in [2.45, 2.75) is 25.6 Å². The lowest BCUT2D eigenvalue weighted by atomic mass is 10.00. The lowest BCUT2D eigenvalue weighted by Gasteiger charge is -2.21. The highest BCUT2D eigenvalue weighted by Gasteiger charge is 2.40. The fraction of sp³-hybridized carbons (Fsp3) is 0.833. The quantitative estimate of drug-likeness (QED) is 0.597. The normalized spacial score (nSPS) is 34.9. The Kier molecular flexibility index (Phi) is 1.54. The minimum Gasteiger partial charge on any atom is -0.447 e. The number of nitrogens with one attached hydrogen (secondary N) is 1. The Hall–Kier alpha value is -0.800. The Morgan fingerprint density at radius 3 is 2.70 bits per heavy atom. The second kappa shape index (κ2) is 2.11. The van der Waals surface area contributed by atoms with Crippen LogP contribution in [0.3, 0.4) is 0 Å². The van der Waals surface area contributed by atoms with Crippen LogP contribution < -0.4 is 5.32 Å². The van der Waals surface area contributed by atoms with Crippen LogP contribution in [0.15, 0.2) is 0 Å². The largest absolute Gasteiger partial charge is 0.447 e. The smallest absolute Gasteiger partial charge is 0.407 e. The van der Waals surface area contributed by atoms with E-state index >= 15 is 0 Å². The van der Waals surface area contributed by atoms with Gasteiger partial charge in [0, 0.05) is 0 Å². The molecule has 2 atom stereocenters. The number of carbonyl (C=O) groups excluding carboxylic acids is 1. The van der Waals surface area contributed by atoms with Crippen LogP contribution in [0.4, 0.5) is 9.18 Å². The van der Waals surface area contributed by atoms with E-state index < -0.39 is 17.8 Å². The van der Waals surface area contributed by atoms with E-state index in [0.29, 0.717) is 0 Å². The van der Waals surface area contributed by atoms with Crippen molar-refractivity contribution in [1.29, 1.82) is 0 Å². The van der Waals surface area contributed by atoms with E-state index in [1.54, 1.807) is 6.92 Å². The monoisotopic (exact) mass is 147 g/mol. The van der Waals surface area contributed by atoms with Crippen LogP contribution >= 0.6 is 0 Å². The first kappa shape index (κ1) is 7.31. The molecule has 1 rings (SSSR count). The Morgan fingerprint density at radius 1 is 1.90 bits per heavy atom. The summed E-state index contributed by atoms with van der Waals surface area (Å²) < 4.78 is 17.2. The zero-order chi connectivity index (χ0) is 7.78. The number of alkyl carbamates (subject to hydrolysis) is 1. The zero-order valence-corrected chi connectivity index (χ0v) is 5.98. The molecule has 1 N–H and O–H groups in total. The molecule has 0 aromatic carbocycles. The summed E-state index contributed by atoms with van der Waals surface area (Å²) in [6.07, 6.45) is -1.62. The molecular weight excluding hydrogens is 137 g/mol. The molecule has 0 saturated carbocycles. The predicted molar refractivity (Wildman–Crippen MR) is 33.5 cm³/mol. The molecule has 1 aliphatic heterocycles. The highest BCUT2D eigenvalue weighted by Crippen LogP contribution is 2.18. The van der Waals surface area contributed by atoms with Gasteiger partial charge in [-0.1, -0.05) is 0 Å². The number of cyclic esters (lactones) is 1. The molecule has 4 heteroatoms. The fourth-order valence-corrected chi connectivity index (χ4v) is 0.735. The predicted octanol–water partition coefficient (Wildman–Crippen LogP) is 0.843. The van der Waals surface area contributed by atoms with Crippen LogP contribution in [0.25, 0.3) is 0 Å². The minimum atomic E-state index is -1.08. The van der Waals surface area contributed by atoms with Crippen molar-refractivity contribution in [2.24, 2.45) is 0 Å². The summed E-state index contributed by atoms with van der Waals surface area (Å²) in [4.78, 5) is 10.5. The van der Waals surface area contributed by atoms with Gasteiger partial charge in [0.2, 0.25) is 0 Å². The van der Waals surface area contributed by atoms with E-state index in [4.69, 9.17) is 0 Å². The number of rotatable bonds is 1. The first-order valence-corrected chi connectivity index (χ1v) is 3.13. The second-order valence-electron chi connectivity index (χ2n) is 2.73. The highest BCUT2D eigenvalue weighted by atomic mass is 19.1. The molecule has 0 aliphatic carbocycles. The number of carbonyl (C=O) groups is 1. The van der Waals surface area contributed by atoms with Gasteiger partial charge < -0.3 is 10.1 Å². The summed E-state index contributed by atoms with van der Waals surface area (Å²) in [6, 6.07) is 0. The molecule has 1 amide bonds. The molecule has 0 bridgehead atoms. The molecule has 10 heavy (non-hydrogen) atoms. The van der Waals surface area contributed by atoms with Crippen molar-refractivity contribution in [1.82, 2.24) is 5.32 Å². The van der Waals surface area contributed by atoms with Gasteiger partial charge in [-0.05, 0) is 13.8 Å². The van der Waals surface area contributed by atoms with E-state index in [2.05, 4.69) is 10.1 Å². The zero-order valence-electron chi connectivity index (χ0n) is 5.98. The number of amides is 1. The van der Waals surface area contributed by atoms with E-state index in [0.717, 1.165) is 0 Å². The van der Waals surface area contributed by atoms with Gasteiger partial charge in [-0.25, -0.2) is 9.18 Å². The van der Waals surface area contributed by atoms with Gasteiger partial charge in [-0.2, -0.15) is 0 Å². The van der Waals surface area contributed by atoms with Crippen molar-refractivity contribution in [3.05, 3.63) is 0 Å². The third kappa shape index (κ3) is 1.05. The van der Waals surface area contributed by atoms with E-state index in [1.165, 1.54) is 6.92 Å². The van der Waals surface area contributed by atoms with E-state index in [1.807, 2.05) is 0 Å². The second-order valence-corrected chi connectivity index (χ2v) is 2.73. The Labute approximate surface area is 58.5 Å². The Bertz CT molecular complexity index is 160. The maximum absolute atomic E-state index is 12.7. The average Bonchev–Trinajstić information content (AvgIpc) is 2.13. The van der Waals surface area contributed by atoms with Gasteiger partial charge in [0.15, 0.2) is 0 Å². The third-order valence-corrected chi connectivity index (χ3v) is 1.77. The first-order chi connectivity index (χ1) is 4.54. The summed E-state index contributed by atoms with van der Waals surface area (Å²) in [5.41, 5.74) is -0.822. The van der Waals surface area contributed by atoms with Gasteiger partial charge >= 0.3 is 6.09 Å². The van der Waals surface area contributed by atoms with Crippen molar-refractivity contribution >= 4 is 6.09 Å². The molecule has 0 aromatic rings. The van der Waals surface area contributed by atoms with Gasteiger partial charge in [-0.15, -0.1) is 0 Å². The summed E-state index contributed by atoms with van der Waals surface area (Å²) in [5.74, 6) is 0. The molecule has 1 aliphatic rings. The number of ether oxygens (including phenoxy) is 1. The number of halogens is 1. The molecule has 0 spiro atoms. The van der Waals surface area contributed by atoms with Gasteiger partial charge in [0.05, 0.1) is 0 Å². The highest BCUT2D eigenvalue weighted by molar-refractivity contribution is 5.70. The summed E-state index contributed by atoms with van der Waals surface area (Å²) in [6.45, 7) is 3.13. The lowest BCUT2D eigenvalue weighted by Crippen LogP contribution is -2.47. The van der Waals surface area contributed by atoms with Crippen molar-refractivity contribution in [3.63, 3.8) is 0 Å². The molecule has 0 radical (unpaired) electrons. The molecule has 58 valence electrons. The van der Waals surface area contributed by atoms with Crippen LogP contribution in [0.1, 0.15) is 13.8 Å². The fourth-order valence-electron chi connectivity index (χ4n) is 0.735. The van der Waals surface area contributed by atoms with Gasteiger partial charge in [-0.3, -0.25) is 0 Å². The van der Waals surface area contributed by atoms with Gasteiger partial charge in [0.1, 0.15) is 18.3 Å². The average molecular weight is 147 g/mol. The number of hydrogen-bond donors (Lipinski definition) is 1. The van der Waals surface area contributed by atoms with E-state index in [9.17, 15) is 9.18 Å². The Balaban J connectivity index is 2.63. The van der Waals surface area contributed by atoms with Crippen LogP contribution in [0.5, 0.6) is 0 Å². The van der Waals surface area contributed by atoms with Crippen LogP contribution in [0, 0.1) is 0 Å². The van der Waals surface area contributed by atoms with Crippen LogP contribution in [-0.2, 0) is 4.74 Å². The molecule has 1 fully saturated rings. The summed E-state index contributed by atoms with van der Waals surface area (Å²) in [5, 5.41) is 2.39. The first-order valence-electron chi connectivity index (χ1n) is 3.13.